The summed E-state index contributed by atoms with van der Waals surface area (Å²) in [4.78, 5) is 11.1. The average Bonchev–Trinajstić information content (AvgIpc) is 2.95. The van der Waals surface area contributed by atoms with Crippen LogP contribution in [-0.4, -0.2) is 49.6 Å². The lowest BCUT2D eigenvalue weighted by Gasteiger charge is -2.12. The maximum atomic E-state index is 11.1. The third kappa shape index (κ3) is 4.27. The molecule has 2 rings (SSSR count). The molecule has 1 aromatic heterocycles. The molecule has 0 fully saturated rings. The summed E-state index contributed by atoms with van der Waals surface area (Å²) in [6, 6.07) is 9.05. The summed E-state index contributed by atoms with van der Waals surface area (Å²) in [5.74, 6) is -0.211. The molecule has 2 N–H and O–H groups in total. The molecule has 1 heterocycles. The normalized spacial score (nSPS) is 12.2. The van der Waals surface area contributed by atoms with Gasteiger partial charge in [-0.2, -0.15) is 4.68 Å². The lowest BCUT2D eigenvalue weighted by Crippen LogP contribution is -2.36. The van der Waals surface area contributed by atoms with E-state index in [0.717, 1.165) is 5.69 Å². The molecule has 0 bridgehead atoms. The van der Waals surface area contributed by atoms with Crippen molar-refractivity contribution in [2.24, 2.45) is 0 Å². The van der Waals surface area contributed by atoms with E-state index in [9.17, 15) is 4.79 Å². The number of nitrogens with zero attached hydrogens (tertiary/aromatic N) is 4. The number of benzene rings is 1. The molecule has 1 aromatic carbocycles. The van der Waals surface area contributed by atoms with E-state index >= 15 is 0 Å². The van der Waals surface area contributed by atoms with Gasteiger partial charge in [-0.15, -0.1) is 5.10 Å². The highest BCUT2D eigenvalue weighted by molar-refractivity contribution is 7.99. The second-order valence-corrected chi connectivity index (χ2v) is 5.36. The minimum absolute atomic E-state index is 0.509. The molecule has 0 aliphatic carbocycles. The number of carboxylic acid groups (broad SMARTS) is 1. The van der Waals surface area contributed by atoms with Crippen molar-refractivity contribution in [3.8, 4) is 5.69 Å². The van der Waals surface area contributed by atoms with Crippen molar-refractivity contribution in [3.05, 3.63) is 30.3 Å². The molecule has 0 aliphatic heterocycles. The lowest BCUT2D eigenvalue weighted by molar-refractivity contribution is -0.139. The van der Waals surface area contributed by atoms with Crippen LogP contribution in [0.3, 0.4) is 0 Å². The van der Waals surface area contributed by atoms with Gasteiger partial charge in [0.25, 0.3) is 0 Å². The van der Waals surface area contributed by atoms with Crippen molar-refractivity contribution < 1.29 is 9.90 Å². The lowest BCUT2D eigenvalue weighted by atomic mass is 10.2. The van der Waals surface area contributed by atoms with Crippen molar-refractivity contribution >= 4 is 17.7 Å². The van der Waals surface area contributed by atoms with E-state index in [-0.39, 0.29) is 0 Å². The molecule has 0 aliphatic rings. The minimum atomic E-state index is -0.833. The molecule has 7 nitrogen and oxygen atoms in total. The first-order valence-electron chi connectivity index (χ1n) is 6.65. The zero-order chi connectivity index (χ0) is 15.1. The topological polar surface area (TPSA) is 92.9 Å². The van der Waals surface area contributed by atoms with Gasteiger partial charge in [0.15, 0.2) is 0 Å². The fourth-order valence-corrected chi connectivity index (χ4v) is 2.72. The number of rotatable bonds is 8. The fourth-order valence-electron chi connectivity index (χ4n) is 1.83. The number of aromatic nitrogens is 4. The van der Waals surface area contributed by atoms with Crippen molar-refractivity contribution in [1.29, 1.82) is 0 Å². The van der Waals surface area contributed by atoms with Crippen LogP contribution in [0.15, 0.2) is 35.5 Å². The number of aliphatic carboxylic acids is 1. The van der Waals surface area contributed by atoms with E-state index in [2.05, 4.69) is 20.8 Å². The Kier molecular flexibility index (Phi) is 5.70. The molecule has 112 valence electrons. The van der Waals surface area contributed by atoms with Crippen LogP contribution in [0, 0.1) is 0 Å². The molecule has 1 unspecified atom stereocenters. The number of para-hydroxylation sites is 1. The quantitative estimate of drug-likeness (QED) is 0.708. The smallest absolute Gasteiger partial charge is 0.320 e. The summed E-state index contributed by atoms with van der Waals surface area (Å²) in [6.45, 7) is 2.52. The minimum Gasteiger partial charge on any atom is -0.480 e. The molecule has 0 saturated heterocycles. The van der Waals surface area contributed by atoms with E-state index < -0.39 is 12.0 Å². The van der Waals surface area contributed by atoms with Gasteiger partial charge in [-0.1, -0.05) is 36.9 Å². The Hall–Kier alpha value is -1.93. The Balaban J connectivity index is 1.96. The first kappa shape index (κ1) is 15.5. The van der Waals surface area contributed by atoms with Crippen molar-refractivity contribution in [1.82, 2.24) is 25.5 Å². The maximum absolute atomic E-state index is 11.1. The van der Waals surface area contributed by atoms with E-state index in [1.165, 1.54) is 11.8 Å². The fraction of sp³-hybridized carbons (Fsp3) is 0.385. The van der Waals surface area contributed by atoms with Gasteiger partial charge in [0.2, 0.25) is 5.16 Å². The average molecular weight is 307 g/mol. The van der Waals surface area contributed by atoms with Gasteiger partial charge in [-0.05, 0) is 35.5 Å². The predicted molar refractivity (Wildman–Crippen MR) is 79.6 cm³/mol. The van der Waals surface area contributed by atoms with Crippen LogP contribution in [0.1, 0.15) is 13.3 Å². The Morgan fingerprint density at radius 1 is 1.43 bits per heavy atom. The maximum Gasteiger partial charge on any atom is 0.320 e. The highest BCUT2D eigenvalue weighted by Gasteiger charge is 2.16. The highest BCUT2D eigenvalue weighted by Crippen LogP contribution is 2.19. The van der Waals surface area contributed by atoms with Crippen LogP contribution >= 0.6 is 11.8 Å². The number of nitrogens with one attached hydrogen (secondary N) is 1. The predicted octanol–water partition coefficient (Wildman–Crippen LogP) is 1.21. The third-order valence-corrected chi connectivity index (χ3v) is 3.78. The van der Waals surface area contributed by atoms with E-state index in [4.69, 9.17) is 5.11 Å². The van der Waals surface area contributed by atoms with E-state index in [1.54, 1.807) is 4.68 Å². The van der Waals surface area contributed by atoms with E-state index in [0.29, 0.717) is 23.9 Å². The zero-order valence-electron chi connectivity index (χ0n) is 11.6. The van der Waals surface area contributed by atoms with Gasteiger partial charge in [0.1, 0.15) is 6.04 Å². The summed E-state index contributed by atoms with van der Waals surface area (Å²) < 4.78 is 1.65. The molecule has 8 heteroatoms. The van der Waals surface area contributed by atoms with Crippen LogP contribution in [-0.2, 0) is 4.79 Å². The zero-order valence-corrected chi connectivity index (χ0v) is 12.5. The molecule has 2 aromatic rings. The number of thioether (sulfide) groups is 1. The van der Waals surface area contributed by atoms with Crippen molar-refractivity contribution in [2.45, 2.75) is 24.5 Å². The van der Waals surface area contributed by atoms with Crippen molar-refractivity contribution in [2.75, 3.05) is 12.3 Å². The molecule has 0 radical (unpaired) electrons. The number of carbonyl (C=O) groups is 1. The summed E-state index contributed by atoms with van der Waals surface area (Å²) in [5.41, 5.74) is 0.881. The summed E-state index contributed by atoms with van der Waals surface area (Å²) in [7, 11) is 0. The molecule has 1 atom stereocenters. The van der Waals surface area contributed by atoms with Crippen LogP contribution < -0.4 is 5.32 Å². The van der Waals surface area contributed by atoms with Gasteiger partial charge in [0, 0.05) is 5.75 Å². The van der Waals surface area contributed by atoms with Gasteiger partial charge in [-0.3, -0.25) is 4.79 Å². The third-order valence-electron chi connectivity index (χ3n) is 2.83. The molecular weight excluding hydrogens is 290 g/mol. The second-order valence-electron chi connectivity index (χ2n) is 4.29. The number of likely N-dealkylation sites (N-methyl/N-ethyl adjacent to an activating group) is 1. The molecule has 0 amide bonds. The SMILES string of the molecule is CCNC(CCSc1nnnn1-c1ccccc1)C(=O)O. The van der Waals surface area contributed by atoms with Gasteiger partial charge in [-0.25, -0.2) is 0 Å². The van der Waals surface area contributed by atoms with Gasteiger partial charge in [0.05, 0.1) is 5.69 Å². The van der Waals surface area contributed by atoms with Crippen molar-refractivity contribution in [3.63, 3.8) is 0 Å². The first-order chi connectivity index (χ1) is 10.2. The molecule has 0 saturated carbocycles. The van der Waals surface area contributed by atoms with Crippen LogP contribution in [0.5, 0.6) is 0 Å². The number of carboxylic acids is 1. The second kappa shape index (κ2) is 7.75. The Morgan fingerprint density at radius 2 is 2.19 bits per heavy atom. The largest absolute Gasteiger partial charge is 0.480 e. The molecule has 0 spiro atoms. The van der Waals surface area contributed by atoms with Crippen LogP contribution in [0.2, 0.25) is 0 Å². The first-order valence-corrected chi connectivity index (χ1v) is 7.63. The van der Waals surface area contributed by atoms with E-state index in [1.807, 2.05) is 37.3 Å². The monoisotopic (exact) mass is 307 g/mol. The van der Waals surface area contributed by atoms with Crippen LogP contribution in [0.25, 0.3) is 5.69 Å². The van der Waals surface area contributed by atoms with Gasteiger partial charge < -0.3 is 10.4 Å². The summed E-state index contributed by atoms with van der Waals surface area (Å²) in [5, 5.41) is 24.3. The van der Waals surface area contributed by atoms with Gasteiger partial charge >= 0.3 is 5.97 Å². The Labute approximate surface area is 126 Å². The number of tetrazole rings is 1. The Morgan fingerprint density at radius 3 is 2.86 bits per heavy atom. The highest BCUT2D eigenvalue weighted by atomic mass is 32.2. The standard InChI is InChI=1S/C13H17N5O2S/c1-2-14-11(12(19)20)8-9-21-13-15-16-17-18(13)10-6-4-3-5-7-10/h3-7,11,14H,2,8-9H2,1H3,(H,19,20). The number of hydrogen-bond donors (Lipinski definition) is 2. The summed E-state index contributed by atoms with van der Waals surface area (Å²) >= 11 is 1.44. The summed E-state index contributed by atoms with van der Waals surface area (Å²) in [6.07, 6.45) is 0.509. The molecule has 21 heavy (non-hydrogen) atoms. The van der Waals surface area contributed by atoms with Crippen LogP contribution in [0.4, 0.5) is 0 Å². The molecular formula is C13H17N5O2S. The Bertz CT molecular complexity index is 575. The number of hydrogen-bond acceptors (Lipinski definition) is 6.